The molecule has 6 nitrogen and oxygen atoms in total. The Labute approximate surface area is 210 Å². The minimum atomic E-state index is -0.707. The molecule has 0 fully saturated rings. The van der Waals surface area contributed by atoms with Crippen molar-refractivity contribution in [1.82, 2.24) is 0 Å². The van der Waals surface area contributed by atoms with E-state index in [4.69, 9.17) is 39.5 Å². The highest BCUT2D eigenvalue weighted by atomic mass is 35.5. The molecule has 0 bridgehead atoms. The number of carbonyl (C=O) groups is 3. The van der Waals surface area contributed by atoms with Crippen LogP contribution in [-0.4, -0.2) is 17.8 Å². The standard InChI is InChI=1S/C25H17Cl3N2O4/c1-13-4-3-5-14(2)22(13)34-25(33)15-6-8-18(9-7-15)29-21-20(28)23(31)30(24(21)32)19-11-16(26)10-17(27)12-19/h3-12,29H,1-2H3. The van der Waals surface area contributed by atoms with Gasteiger partial charge in [0.25, 0.3) is 11.8 Å². The number of hydrogen-bond donors (Lipinski definition) is 1. The predicted molar refractivity (Wildman–Crippen MR) is 133 cm³/mol. The zero-order chi connectivity index (χ0) is 24.6. The third-order valence-electron chi connectivity index (χ3n) is 5.13. The van der Waals surface area contributed by atoms with Crippen LogP contribution in [0.2, 0.25) is 10.0 Å². The lowest BCUT2D eigenvalue weighted by Crippen LogP contribution is -2.32. The molecule has 34 heavy (non-hydrogen) atoms. The number of nitrogens with one attached hydrogen (secondary N) is 1. The molecule has 1 aliphatic rings. The van der Waals surface area contributed by atoms with Crippen LogP contribution in [-0.2, 0) is 9.59 Å². The Balaban J connectivity index is 1.51. The van der Waals surface area contributed by atoms with E-state index in [1.165, 1.54) is 18.2 Å². The number of rotatable bonds is 5. The quantitative estimate of drug-likeness (QED) is 0.246. The van der Waals surface area contributed by atoms with Crippen molar-refractivity contribution in [3.8, 4) is 5.75 Å². The Morgan fingerprint density at radius 1 is 0.853 bits per heavy atom. The molecule has 4 rings (SSSR count). The van der Waals surface area contributed by atoms with Gasteiger partial charge in [0.1, 0.15) is 16.5 Å². The minimum absolute atomic E-state index is 0.103. The number of hydrogen-bond acceptors (Lipinski definition) is 5. The summed E-state index contributed by atoms with van der Waals surface area (Å²) in [7, 11) is 0. The topological polar surface area (TPSA) is 75.7 Å². The number of imide groups is 1. The fourth-order valence-electron chi connectivity index (χ4n) is 3.46. The number of amides is 2. The molecule has 0 aliphatic carbocycles. The summed E-state index contributed by atoms with van der Waals surface area (Å²) in [5.41, 5.74) is 2.56. The molecule has 172 valence electrons. The van der Waals surface area contributed by atoms with Gasteiger partial charge in [0, 0.05) is 15.7 Å². The summed E-state index contributed by atoms with van der Waals surface area (Å²) in [6, 6.07) is 16.2. The summed E-state index contributed by atoms with van der Waals surface area (Å²) in [5, 5.41) is 3.11. The molecular formula is C25H17Cl3N2O4. The van der Waals surface area contributed by atoms with Crippen LogP contribution >= 0.6 is 34.8 Å². The lowest BCUT2D eigenvalue weighted by atomic mass is 10.1. The van der Waals surface area contributed by atoms with Crippen LogP contribution in [0.4, 0.5) is 11.4 Å². The highest BCUT2D eigenvalue weighted by Gasteiger charge is 2.39. The highest BCUT2D eigenvalue weighted by Crippen LogP contribution is 2.33. The molecular weight excluding hydrogens is 499 g/mol. The molecule has 0 saturated carbocycles. The highest BCUT2D eigenvalue weighted by molar-refractivity contribution is 6.53. The minimum Gasteiger partial charge on any atom is -0.422 e. The van der Waals surface area contributed by atoms with Gasteiger partial charge in [0.2, 0.25) is 0 Å². The molecule has 0 atom stereocenters. The third-order valence-corrected chi connectivity index (χ3v) is 5.91. The van der Waals surface area contributed by atoms with Gasteiger partial charge in [-0.15, -0.1) is 0 Å². The first-order valence-corrected chi connectivity index (χ1v) is 11.2. The lowest BCUT2D eigenvalue weighted by molar-refractivity contribution is -0.120. The Morgan fingerprint density at radius 3 is 2.03 bits per heavy atom. The van der Waals surface area contributed by atoms with Crippen molar-refractivity contribution in [2.45, 2.75) is 13.8 Å². The molecule has 1 N–H and O–H groups in total. The largest absolute Gasteiger partial charge is 0.422 e. The summed E-state index contributed by atoms with van der Waals surface area (Å²) in [6.07, 6.45) is 0. The van der Waals surface area contributed by atoms with Gasteiger partial charge in [0.15, 0.2) is 0 Å². The fourth-order valence-corrected chi connectivity index (χ4v) is 4.19. The Hall–Kier alpha value is -3.32. The SMILES string of the molecule is Cc1cccc(C)c1OC(=O)c1ccc(NC2=C(Cl)C(=O)N(c3cc(Cl)cc(Cl)c3)C2=O)cc1. The van der Waals surface area contributed by atoms with Crippen LogP contribution in [0.3, 0.4) is 0 Å². The molecule has 0 unspecified atom stereocenters. The normalized spacial score (nSPS) is 13.5. The molecule has 0 spiro atoms. The van der Waals surface area contributed by atoms with E-state index in [-0.39, 0.29) is 26.5 Å². The predicted octanol–water partition coefficient (Wildman–Crippen LogP) is 6.27. The molecule has 3 aromatic carbocycles. The molecule has 1 heterocycles. The van der Waals surface area contributed by atoms with E-state index in [1.54, 1.807) is 24.3 Å². The van der Waals surface area contributed by atoms with Gasteiger partial charge < -0.3 is 10.1 Å². The number of nitrogens with zero attached hydrogens (tertiary/aromatic N) is 1. The number of para-hydroxylation sites is 1. The zero-order valence-electron chi connectivity index (χ0n) is 18.0. The first kappa shape index (κ1) is 23.8. The molecule has 9 heteroatoms. The Kier molecular flexibility index (Phi) is 6.66. The van der Waals surface area contributed by atoms with Crippen LogP contribution < -0.4 is 15.0 Å². The maximum Gasteiger partial charge on any atom is 0.343 e. The van der Waals surface area contributed by atoms with E-state index >= 15 is 0 Å². The number of aryl methyl sites for hydroxylation is 2. The van der Waals surface area contributed by atoms with Gasteiger partial charge in [-0.1, -0.05) is 53.0 Å². The second kappa shape index (κ2) is 9.50. The van der Waals surface area contributed by atoms with Crippen molar-refractivity contribution in [3.63, 3.8) is 0 Å². The van der Waals surface area contributed by atoms with E-state index in [0.717, 1.165) is 16.0 Å². The van der Waals surface area contributed by atoms with Crippen LogP contribution in [0, 0.1) is 13.8 Å². The lowest BCUT2D eigenvalue weighted by Gasteiger charge is -2.16. The van der Waals surface area contributed by atoms with Crippen LogP contribution in [0.5, 0.6) is 5.75 Å². The Morgan fingerprint density at radius 2 is 1.44 bits per heavy atom. The van der Waals surface area contributed by atoms with E-state index in [0.29, 0.717) is 17.0 Å². The fraction of sp³-hybridized carbons (Fsp3) is 0.0800. The van der Waals surface area contributed by atoms with Gasteiger partial charge in [-0.2, -0.15) is 0 Å². The van der Waals surface area contributed by atoms with Crippen LogP contribution in [0.15, 0.2) is 71.4 Å². The number of carbonyl (C=O) groups excluding carboxylic acids is 3. The molecule has 3 aromatic rings. The number of ether oxygens (including phenoxy) is 1. The first-order chi connectivity index (χ1) is 16.2. The maximum atomic E-state index is 12.9. The van der Waals surface area contributed by atoms with E-state index in [2.05, 4.69) is 5.32 Å². The van der Waals surface area contributed by atoms with Crippen molar-refractivity contribution in [2.75, 3.05) is 10.2 Å². The number of halogens is 3. The van der Waals surface area contributed by atoms with Gasteiger partial charge >= 0.3 is 5.97 Å². The molecule has 0 aromatic heterocycles. The zero-order valence-corrected chi connectivity index (χ0v) is 20.3. The smallest absolute Gasteiger partial charge is 0.343 e. The van der Waals surface area contributed by atoms with Gasteiger partial charge in [-0.25, -0.2) is 9.69 Å². The van der Waals surface area contributed by atoms with Gasteiger partial charge in [-0.3, -0.25) is 9.59 Å². The summed E-state index contributed by atoms with van der Waals surface area (Å²) in [6.45, 7) is 3.72. The summed E-state index contributed by atoms with van der Waals surface area (Å²) < 4.78 is 5.55. The molecule has 0 saturated heterocycles. The van der Waals surface area contributed by atoms with Crippen molar-refractivity contribution < 1.29 is 19.1 Å². The number of benzene rings is 3. The van der Waals surface area contributed by atoms with Crippen molar-refractivity contribution in [2.24, 2.45) is 0 Å². The average molecular weight is 516 g/mol. The third kappa shape index (κ3) is 4.66. The second-order valence-electron chi connectivity index (χ2n) is 7.58. The van der Waals surface area contributed by atoms with Crippen LogP contribution in [0.1, 0.15) is 21.5 Å². The van der Waals surface area contributed by atoms with E-state index in [9.17, 15) is 14.4 Å². The van der Waals surface area contributed by atoms with Crippen molar-refractivity contribution in [1.29, 1.82) is 0 Å². The monoisotopic (exact) mass is 514 g/mol. The summed E-state index contributed by atoms with van der Waals surface area (Å²) in [4.78, 5) is 39.0. The maximum absolute atomic E-state index is 12.9. The molecule has 2 amide bonds. The molecule has 0 radical (unpaired) electrons. The summed E-state index contributed by atoms with van der Waals surface area (Å²) in [5.74, 6) is -1.37. The number of esters is 1. The van der Waals surface area contributed by atoms with Crippen LogP contribution in [0.25, 0.3) is 0 Å². The average Bonchev–Trinajstić information content (AvgIpc) is 2.99. The molecule has 1 aliphatic heterocycles. The van der Waals surface area contributed by atoms with E-state index < -0.39 is 17.8 Å². The van der Waals surface area contributed by atoms with Crippen molar-refractivity contribution >= 4 is 64.0 Å². The first-order valence-electron chi connectivity index (χ1n) is 10.1. The summed E-state index contributed by atoms with van der Waals surface area (Å²) >= 11 is 18.2. The van der Waals surface area contributed by atoms with E-state index in [1.807, 2.05) is 32.0 Å². The van der Waals surface area contributed by atoms with Crippen molar-refractivity contribution in [3.05, 3.63) is 98.1 Å². The second-order valence-corrected chi connectivity index (χ2v) is 8.83. The van der Waals surface area contributed by atoms with Gasteiger partial charge in [-0.05, 0) is 67.4 Å². The van der Waals surface area contributed by atoms with Gasteiger partial charge in [0.05, 0.1) is 11.3 Å². The number of anilines is 2. The Bertz CT molecular complexity index is 1330.